The molecule has 3 rings (SSSR count). The second kappa shape index (κ2) is 7.92. The zero-order chi connectivity index (χ0) is 18.7. The van der Waals surface area contributed by atoms with Crippen LogP contribution in [-0.2, 0) is 0 Å². The van der Waals surface area contributed by atoms with Gasteiger partial charge in [0, 0.05) is 15.4 Å². The van der Waals surface area contributed by atoms with Crippen molar-refractivity contribution in [2.45, 2.75) is 0 Å². The summed E-state index contributed by atoms with van der Waals surface area (Å²) in [6.45, 7) is 0. The first-order valence-corrected chi connectivity index (χ1v) is 9.04. The Morgan fingerprint density at radius 1 is 1.15 bits per heavy atom. The number of amides is 1. The van der Waals surface area contributed by atoms with E-state index in [9.17, 15) is 4.79 Å². The van der Waals surface area contributed by atoms with Crippen LogP contribution in [0.3, 0.4) is 0 Å². The molecule has 0 unspecified atom stereocenters. The Kier molecular flexibility index (Phi) is 5.63. The Morgan fingerprint density at radius 3 is 2.69 bits per heavy atom. The summed E-state index contributed by atoms with van der Waals surface area (Å²) >= 11 is 6.82. The summed E-state index contributed by atoms with van der Waals surface area (Å²) in [4.78, 5) is 12.3. The van der Waals surface area contributed by atoms with E-state index < -0.39 is 5.91 Å². The minimum Gasteiger partial charge on any atom is -0.497 e. The molecule has 0 saturated carbocycles. The van der Waals surface area contributed by atoms with Crippen LogP contribution in [0.2, 0.25) is 0 Å². The van der Waals surface area contributed by atoms with Gasteiger partial charge in [-0.25, -0.2) is 5.43 Å². The fourth-order valence-electron chi connectivity index (χ4n) is 2.34. The molecule has 1 aromatic heterocycles. The van der Waals surface area contributed by atoms with Crippen LogP contribution < -0.4 is 14.9 Å². The van der Waals surface area contributed by atoms with Gasteiger partial charge >= 0.3 is 5.91 Å². The van der Waals surface area contributed by atoms with Gasteiger partial charge in [-0.1, -0.05) is 15.9 Å². The Morgan fingerprint density at radius 2 is 1.96 bits per heavy atom. The zero-order valence-electron chi connectivity index (χ0n) is 13.9. The van der Waals surface area contributed by atoms with Gasteiger partial charge < -0.3 is 13.9 Å². The quantitative estimate of drug-likeness (QED) is 0.422. The van der Waals surface area contributed by atoms with Gasteiger partial charge in [0.1, 0.15) is 17.1 Å². The highest BCUT2D eigenvalue weighted by atomic mass is 79.9. The number of benzene rings is 2. The Bertz CT molecular complexity index is 998. The maximum atomic E-state index is 12.3. The summed E-state index contributed by atoms with van der Waals surface area (Å²) in [7, 11) is 3.13. The Labute approximate surface area is 166 Å². The zero-order valence-corrected chi connectivity index (χ0v) is 17.0. The largest absolute Gasteiger partial charge is 0.497 e. The van der Waals surface area contributed by atoms with E-state index >= 15 is 0 Å². The molecular weight excluding hydrogens is 468 g/mol. The molecule has 2 aromatic carbocycles. The second-order valence-electron chi connectivity index (χ2n) is 5.22. The number of methoxy groups -OCH3 is 2. The minimum absolute atomic E-state index is 0.161. The topological polar surface area (TPSA) is 73.1 Å². The molecule has 0 aliphatic carbocycles. The molecule has 1 heterocycles. The number of furan rings is 1. The summed E-state index contributed by atoms with van der Waals surface area (Å²) in [6.07, 6.45) is 1.48. The van der Waals surface area contributed by atoms with Crippen molar-refractivity contribution in [2.75, 3.05) is 14.2 Å². The van der Waals surface area contributed by atoms with Gasteiger partial charge in [0.15, 0.2) is 5.76 Å². The van der Waals surface area contributed by atoms with Gasteiger partial charge in [-0.3, -0.25) is 4.79 Å². The third-order valence-corrected chi connectivity index (χ3v) is 4.61. The first-order chi connectivity index (χ1) is 12.5. The highest BCUT2D eigenvalue weighted by molar-refractivity contribution is 9.11. The average molecular weight is 482 g/mol. The van der Waals surface area contributed by atoms with E-state index in [2.05, 4.69) is 42.4 Å². The molecular formula is C18H14Br2N2O4. The summed E-state index contributed by atoms with van der Waals surface area (Å²) in [5.41, 5.74) is 3.71. The summed E-state index contributed by atoms with van der Waals surface area (Å²) in [5, 5.41) is 4.77. The fourth-order valence-corrected chi connectivity index (χ4v) is 3.68. The van der Waals surface area contributed by atoms with E-state index in [0.717, 1.165) is 14.3 Å². The van der Waals surface area contributed by atoms with E-state index in [1.54, 1.807) is 38.5 Å². The number of nitrogens with one attached hydrogen (secondary N) is 1. The molecule has 0 saturated heterocycles. The Hall–Kier alpha value is -2.32. The predicted molar refractivity (Wildman–Crippen MR) is 106 cm³/mol. The number of carbonyl (C=O) groups excluding carboxylic acids is 1. The van der Waals surface area contributed by atoms with Crippen LogP contribution in [0.1, 0.15) is 16.1 Å². The molecule has 0 aliphatic heterocycles. The normalized spacial score (nSPS) is 11.1. The van der Waals surface area contributed by atoms with Crippen molar-refractivity contribution >= 4 is 55.0 Å². The lowest BCUT2D eigenvalue weighted by atomic mass is 10.2. The summed E-state index contributed by atoms with van der Waals surface area (Å²) in [5.74, 6) is 0.975. The number of nitrogens with zero attached hydrogens (tertiary/aromatic N) is 1. The predicted octanol–water partition coefficient (Wildman–Crippen LogP) is 4.74. The molecule has 0 fully saturated rings. The van der Waals surface area contributed by atoms with E-state index in [-0.39, 0.29) is 5.76 Å². The lowest BCUT2D eigenvalue weighted by Gasteiger charge is -2.06. The van der Waals surface area contributed by atoms with Gasteiger partial charge in [0.25, 0.3) is 0 Å². The molecule has 8 heteroatoms. The average Bonchev–Trinajstić information content (AvgIpc) is 3.06. The summed E-state index contributed by atoms with van der Waals surface area (Å²) in [6, 6.07) is 10.7. The summed E-state index contributed by atoms with van der Waals surface area (Å²) < 4.78 is 17.7. The van der Waals surface area contributed by atoms with Gasteiger partial charge in [-0.2, -0.15) is 5.10 Å². The van der Waals surface area contributed by atoms with E-state index in [1.807, 2.05) is 12.1 Å². The molecule has 0 spiro atoms. The molecule has 26 heavy (non-hydrogen) atoms. The van der Waals surface area contributed by atoms with Crippen molar-refractivity contribution in [3.8, 4) is 11.5 Å². The number of hydrogen-bond donors (Lipinski definition) is 1. The maximum Gasteiger partial charge on any atom is 0.307 e. The highest BCUT2D eigenvalue weighted by Gasteiger charge is 2.14. The fraction of sp³-hybridized carbons (Fsp3) is 0.111. The van der Waals surface area contributed by atoms with Crippen LogP contribution in [0.15, 0.2) is 54.9 Å². The van der Waals surface area contributed by atoms with Crippen LogP contribution in [0.4, 0.5) is 0 Å². The van der Waals surface area contributed by atoms with Gasteiger partial charge in [-0.15, -0.1) is 0 Å². The molecule has 0 radical (unpaired) electrons. The monoisotopic (exact) mass is 480 g/mol. The van der Waals surface area contributed by atoms with Crippen molar-refractivity contribution in [1.29, 1.82) is 0 Å². The molecule has 1 amide bonds. The van der Waals surface area contributed by atoms with Gasteiger partial charge in [0.2, 0.25) is 0 Å². The van der Waals surface area contributed by atoms with Crippen molar-refractivity contribution < 1.29 is 18.7 Å². The highest BCUT2D eigenvalue weighted by Crippen LogP contribution is 2.31. The lowest BCUT2D eigenvalue weighted by Crippen LogP contribution is -2.16. The number of hydrogen-bond acceptors (Lipinski definition) is 5. The number of fused-ring (bicyclic) bond motifs is 1. The van der Waals surface area contributed by atoms with E-state index in [0.29, 0.717) is 22.6 Å². The van der Waals surface area contributed by atoms with Crippen molar-refractivity contribution in [2.24, 2.45) is 5.10 Å². The number of ether oxygens (including phenoxy) is 2. The van der Waals surface area contributed by atoms with Crippen LogP contribution in [-0.4, -0.2) is 26.3 Å². The molecule has 0 bridgehead atoms. The molecule has 1 N–H and O–H groups in total. The third kappa shape index (κ3) is 3.91. The Balaban J connectivity index is 1.79. The SMILES string of the molecule is COc1ccc(OC)c(/C=N\NC(=O)c2cc3cc(Br)cc(Br)c3o2)c1. The van der Waals surface area contributed by atoms with Crippen LogP contribution in [0.5, 0.6) is 11.5 Å². The second-order valence-corrected chi connectivity index (χ2v) is 6.99. The van der Waals surface area contributed by atoms with E-state index in [4.69, 9.17) is 13.9 Å². The molecule has 134 valence electrons. The molecule has 0 atom stereocenters. The first kappa shape index (κ1) is 18.5. The molecule has 6 nitrogen and oxygen atoms in total. The van der Waals surface area contributed by atoms with Crippen LogP contribution in [0.25, 0.3) is 11.0 Å². The standard InChI is InChI=1S/C18H14Br2N2O4/c1-24-13-3-4-15(25-2)11(6-13)9-21-22-18(23)16-7-10-5-12(19)8-14(20)17(10)26-16/h3-9H,1-2H3,(H,22,23)/b21-9-. The first-order valence-electron chi connectivity index (χ1n) is 7.46. The number of hydrazone groups is 1. The van der Waals surface area contributed by atoms with Crippen molar-refractivity contribution in [3.63, 3.8) is 0 Å². The minimum atomic E-state index is -0.456. The molecule has 3 aromatic rings. The number of halogens is 2. The smallest absolute Gasteiger partial charge is 0.307 e. The van der Waals surface area contributed by atoms with Crippen LogP contribution >= 0.6 is 31.9 Å². The number of rotatable bonds is 5. The van der Waals surface area contributed by atoms with E-state index in [1.165, 1.54) is 6.21 Å². The van der Waals surface area contributed by atoms with Crippen molar-refractivity contribution in [3.05, 3.63) is 56.7 Å². The number of carbonyl (C=O) groups is 1. The van der Waals surface area contributed by atoms with Gasteiger partial charge in [0.05, 0.1) is 24.9 Å². The lowest BCUT2D eigenvalue weighted by molar-refractivity contribution is 0.0929. The third-order valence-electron chi connectivity index (χ3n) is 3.57. The molecule has 0 aliphatic rings. The maximum absolute atomic E-state index is 12.3. The van der Waals surface area contributed by atoms with Crippen molar-refractivity contribution in [1.82, 2.24) is 5.43 Å². The van der Waals surface area contributed by atoms with Crippen LogP contribution in [0, 0.1) is 0 Å². The van der Waals surface area contributed by atoms with Gasteiger partial charge in [-0.05, 0) is 52.3 Å².